The number of aromatic nitrogens is 1. The molecule has 204 valence electrons. The third kappa shape index (κ3) is 5.49. The third-order valence-corrected chi connectivity index (χ3v) is 9.55. The molecule has 1 aliphatic heterocycles. The number of carbonyl (C=O) groups is 1. The molecule has 1 N–H and O–H groups in total. The summed E-state index contributed by atoms with van der Waals surface area (Å²) in [5, 5.41) is 12.9. The zero-order valence-corrected chi connectivity index (χ0v) is 23.7. The molecule has 0 saturated carbocycles. The van der Waals surface area contributed by atoms with Crippen molar-refractivity contribution >= 4 is 55.7 Å². The van der Waals surface area contributed by atoms with E-state index in [9.17, 15) is 13.2 Å². The van der Waals surface area contributed by atoms with Crippen LogP contribution in [0.5, 0.6) is 5.75 Å². The van der Waals surface area contributed by atoms with Gasteiger partial charge in [-0.1, -0.05) is 47.5 Å². The lowest BCUT2D eigenvalue weighted by atomic mass is 10.2. The van der Waals surface area contributed by atoms with Crippen LogP contribution in [-0.4, -0.2) is 36.2 Å². The van der Waals surface area contributed by atoms with Crippen molar-refractivity contribution < 1.29 is 17.9 Å². The van der Waals surface area contributed by atoms with Crippen LogP contribution in [-0.2, 0) is 21.4 Å². The van der Waals surface area contributed by atoms with Crippen LogP contribution < -0.4 is 10.1 Å². The summed E-state index contributed by atoms with van der Waals surface area (Å²) in [5.74, 6) is 0.0295. The summed E-state index contributed by atoms with van der Waals surface area (Å²) in [7, 11) is -4.17. The SMILES string of the molecule is Cc1ccc2cccc(OCc3c(Cl)ccc(S(=O)(=O)N4CCC[C@H]4C(=O)Nc4cccc(C#N)c4)c3Cl)c2n1. The fourth-order valence-corrected chi connectivity index (χ4v) is 7.22. The van der Waals surface area contributed by atoms with Crippen molar-refractivity contribution in [3.8, 4) is 11.8 Å². The number of aryl methyl sites for hydroxylation is 1. The van der Waals surface area contributed by atoms with Crippen LogP contribution in [0.4, 0.5) is 5.69 Å². The number of para-hydroxylation sites is 1. The Hall–Kier alpha value is -3.68. The van der Waals surface area contributed by atoms with Gasteiger partial charge in [-0.2, -0.15) is 9.57 Å². The Balaban J connectivity index is 1.40. The molecule has 1 amide bonds. The molecule has 1 aliphatic rings. The van der Waals surface area contributed by atoms with E-state index < -0.39 is 22.0 Å². The molecule has 40 heavy (non-hydrogen) atoms. The van der Waals surface area contributed by atoms with Gasteiger partial charge in [-0.05, 0) is 62.2 Å². The van der Waals surface area contributed by atoms with Crippen LogP contribution in [0.25, 0.3) is 10.9 Å². The summed E-state index contributed by atoms with van der Waals surface area (Å²) >= 11 is 13.1. The molecule has 8 nitrogen and oxygen atoms in total. The highest BCUT2D eigenvalue weighted by molar-refractivity contribution is 7.89. The average molecular weight is 596 g/mol. The lowest BCUT2D eigenvalue weighted by molar-refractivity contribution is -0.119. The molecule has 1 fully saturated rings. The fraction of sp³-hybridized carbons (Fsp3) is 0.207. The topological polar surface area (TPSA) is 112 Å². The van der Waals surface area contributed by atoms with Crippen molar-refractivity contribution in [1.29, 1.82) is 5.26 Å². The van der Waals surface area contributed by atoms with Gasteiger partial charge in [0.15, 0.2) is 0 Å². The predicted octanol–water partition coefficient (Wildman–Crippen LogP) is 6.09. The summed E-state index contributed by atoms with van der Waals surface area (Å²) in [6, 6.07) is 19.7. The maximum absolute atomic E-state index is 13.8. The van der Waals surface area contributed by atoms with Crippen LogP contribution in [0.1, 0.15) is 29.7 Å². The number of halogens is 2. The Kier molecular flexibility index (Phi) is 7.97. The molecule has 5 rings (SSSR count). The van der Waals surface area contributed by atoms with E-state index in [1.54, 1.807) is 24.3 Å². The molecule has 0 unspecified atom stereocenters. The minimum absolute atomic E-state index is 0.0651. The number of amides is 1. The van der Waals surface area contributed by atoms with Crippen molar-refractivity contribution in [3.05, 3.63) is 93.6 Å². The standard InChI is InChI=1S/C29H24Cl2N4O4S/c1-18-10-11-20-6-3-9-25(28(20)33-18)39-17-22-23(30)12-13-26(27(22)31)40(37,38)35-14-4-8-24(35)29(36)34-21-7-2-5-19(15-21)16-32/h2-3,5-7,9-13,15,24H,4,8,14,17H2,1H3,(H,34,36)/t24-/m0/s1. The van der Waals surface area contributed by atoms with Crippen LogP contribution in [0.15, 0.2) is 71.6 Å². The first-order chi connectivity index (χ1) is 19.2. The normalized spacial score (nSPS) is 15.6. The number of sulfonamides is 1. The summed E-state index contributed by atoms with van der Waals surface area (Å²) < 4.78 is 34.8. The number of anilines is 1. The van der Waals surface area contributed by atoms with E-state index in [1.807, 2.05) is 37.3 Å². The largest absolute Gasteiger partial charge is 0.487 e. The zero-order chi connectivity index (χ0) is 28.4. The van der Waals surface area contributed by atoms with Gasteiger partial charge in [0, 0.05) is 33.9 Å². The Morgan fingerprint density at radius 3 is 2.75 bits per heavy atom. The van der Waals surface area contributed by atoms with E-state index in [0.29, 0.717) is 40.9 Å². The monoisotopic (exact) mass is 594 g/mol. The number of nitrogens with zero attached hydrogens (tertiary/aromatic N) is 3. The number of carbonyl (C=O) groups excluding carboxylic acids is 1. The Morgan fingerprint density at radius 1 is 1.15 bits per heavy atom. The number of pyridine rings is 1. The molecule has 4 aromatic rings. The van der Waals surface area contributed by atoms with Gasteiger partial charge in [-0.15, -0.1) is 0 Å². The van der Waals surface area contributed by atoms with E-state index in [-0.39, 0.29) is 28.1 Å². The zero-order valence-electron chi connectivity index (χ0n) is 21.4. The lowest BCUT2D eigenvalue weighted by Gasteiger charge is -2.24. The summed E-state index contributed by atoms with van der Waals surface area (Å²) in [5.41, 5.74) is 2.60. The molecule has 0 aliphatic carbocycles. The predicted molar refractivity (Wildman–Crippen MR) is 154 cm³/mol. The maximum Gasteiger partial charge on any atom is 0.245 e. The van der Waals surface area contributed by atoms with E-state index >= 15 is 0 Å². The first-order valence-corrected chi connectivity index (χ1v) is 14.7. The highest BCUT2D eigenvalue weighted by Crippen LogP contribution is 2.36. The van der Waals surface area contributed by atoms with Gasteiger partial charge in [-0.25, -0.2) is 13.4 Å². The molecular weight excluding hydrogens is 571 g/mol. The molecular formula is C29H24Cl2N4O4S. The smallest absolute Gasteiger partial charge is 0.245 e. The number of nitrogens with one attached hydrogen (secondary N) is 1. The number of benzene rings is 3. The maximum atomic E-state index is 13.8. The van der Waals surface area contributed by atoms with Crippen LogP contribution in [0.3, 0.4) is 0 Å². The Morgan fingerprint density at radius 2 is 1.95 bits per heavy atom. The molecule has 1 aromatic heterocycles. The Labute approximate surface area is 242 Å². The second-order valence-corrected chi connectivity index (χ2v) is 12.0. The second-order valence-electron chi connectivity index (χ2n) is 9.36. The number of nitriles is 1. The quantitative estimate of drug-likeness (QED) is 0.277. The van der Waals surface area contributed by atoms with Crippen LogP contribution in [0, 0.1) is 18.3 Å². The van der Waals surface area contributed by atoms with Gasteiger partial charge in [0.1, 0.15) is 28.8 Å². The van der Waals surface area contributed by atoms with Crippen LogP contribution >= 0.6 is 23.2 Å². The number of rotatable bonds is 7. The molecule has 0 spiro atoms. The van der Waals surface area contributed by atoms with E-state index in [0.717, 1.165) is 15.4 Å². The Bertz CT molecular complexity index is 1770. The summed E-state index contributed by atoms with van der Waals surface area (Å²) in [6.07, 6.45) is 0.849. The second kappa shape index (κ2) is 11.4. The molecule has 0 radical (unpaired) electrons. The van der Waals surface area contributed by atoms with Gasteiger partial charge in [0.05, 0.1) is 16.7 Å². The fourth-order valence-electron chi connectivity index (χ4n) is 4.70. The van der Waals surface area contributed by atoms with Gasteiger partial charge in [0.25, 0.3) is 0 Å². The molecule has 11 heteroatoms. The highest BCUT2D eigenvalue weighted by Gasteiger charge is 2.40. The van der Waals surface area contributed by atoms with Crippen LogP contribution in [0.2, 0.25) is 10.0 Å². The number of hydrogen-bond acceptors (Lipinski definition) is 6. The van der Waals surface area contributed by atoms with Crippen molar-refractivity contribution in [2.75, 3.05) is 11.9 Å². The minimum Gasteiger partial charge on any atom is -0.487 e. The van der Waals surface area contributed by atoms with Crippen molar-refractivity contribution in [2.24, 2.45) is 0 Å². The third-order valence-electron chi connectivity index (χ3n) is 6.70. The molecule has 1 atom stereocenters. The van der Waals surface area contributed by atoms with E-state index in [4.69, 9.17) is 33.2 Å². The first kappa shape index (κ1) is 27.9. The van der Waals surface area contributed by atoms with Crippen molar-refractivity contribution in [1.82, 2.24) is 9.29 Å². The van der Waals surface area contributed by atoms with Gasteiger partial charge in [0.2, 0.25) is 15.9 Å². The molecule has 3 aromatic carbocycles. The van der Waals surface area contributed by atoms with E-state index in [2.05, 4.69) is 10.3 Å². The van der Waals surface area contributed by atoms with Gasteiger partial charge >= 0.3 is 0 Å². The first-order valence-electron chi connectivity index (χ1n) is 12.5. The van der Waals surface area contributed by atoms with Crippen molar-refractivity contribution in [2.45, 2.75) is 37.3 Å². The molecule has 0 bridgehead atoms. The summed E-state index contributed by atoms with van der Waals surface area (Å²) in [6.45, 7) is 1.95. The number of fused-ring (bicyclic) bond motifs is 1. The van der Waals surface area contributed by atoms with Crippen molar-refractivity contribution in [3.63, 3.8) is 0 Å². The average Bonchev–Trinajstić information content (AvgIpc) is 3.44. The molecule has 1 saturated heterocycles. The number of hydrogen-bond donors (Lipinski definition) is 1. The molecule has 2 heterocycles. The highest BCUT2D eigenvalue weighted by atomic mass is 35.5. The number of ether oxygens (including phenoxy) is 1. The van der Waals surface area contributed by atoms with Gasteiger partial charge < -0.3 is 10.1 Å². The minimum atomic E-state index is -4.17. The lowest BCUT2D eigenvalue weighted by Crippen LogP contribution is -2.43. The van der Waals surface area contributed by atoms with Gasteiger partial charge in [-0.3, -0.25) is 4.79 Å². The summed E-state index contributed by atoms with van der Waals surface area (Å²) in [4.78, 5) is 17.5. The van der Waals surface area contributed by atoms with E-state index in [1.165, 1.54) is 18.2 Å².